The number of rotatable bonds is 8. The van der Waals surface area contributed by atoms with E-state index in [0.29, 0.717) is 13.1 Å². The first-order valence-corrected chi connectivity index (χ1v) is 10.5. The Morgan fingerprint density at radius 1 is 1.04 bits per heavy atom. The summed E-state index contributed by atoms with van der Waals surface area (Å²) in [6.45, 7) is 10.6. The zero-order valence-corrected chi connectivity index (χ0v) is 17.2. The molecule has 1 aromatic heterocycles. The van der Waals surface area contributed by atoms with Gasteiger partial charge in [0.1, 0.15) is 6.33 Å². The number of benzene rings is 1. The van der Waals surface area contributed by atoms with Crippen LogP contribution in [0.5, 0.6) is 0 Å². The summed E-state index contributed by atoms with van der Waals surface area (Å²) >= 11 is 0. The van der Waals surface area contributed by atoms with Crippen molar-refractivity contribution in [3.05, 3.63) is 47.5 Å². The fourth-order valence-electron chi connectivity index (χ4n) is 3.48. The summed E-state index contributed by atoms with van der Waals surface area (Å²) in [6, 6.07) is 8.87. The summed E-state index contributed by atoms with van der Waals surface area (Å²) in [4.78, 5) is 7.27. The lowest BCUT2D eigenvalue weighted by Gasteiger charge is -2.26. The lowest BCUT2D eigenvalue weighted by atomic mass is 10.1. The van der Waals surface area contributed by atoms with E-state index in [9.17, 15) is 0 Å². The van der Waals surface area contributed by atoms with Crippen molar-refractivity contribution in [2.75, 3.05) is 19.6 Å². The molecule has 7 nitrogen and oxygen atoms in total. The maximum Gasteiger partial charge on any atom is 0.191 e. The number of likely N-dealkylation sites (tertiary alicyclic amines) is 1. The van der Waals surface area contributed by atoms with Gasteiger partial charge in [0.25, 0.3) is 0 Å². The van der Waals surface area contributed by atoms with Gasteiger partial charge in [0.05, 0.1) is 13.1 Å². The molecule has 28 heavy (non-hydrogen) atoms. The molecule has 1 fully saturated rings. The van der Waals surface area contributed by atoms with Crippen LogP contribution in [0.4, 0.5) is 0 Å². The van der Waals surface area contributed by atoms with E-state index in [0.717, 1.165) is 31.4 Å². The Bertz CT molecular complexity index is 729. The second-order valence-electron chi connectivity index (χ2n) is 7.24. The summed E-state index contributed by atoms with van der Waals surface area (Å²) in [7, 11) is 0. The van der Waals surface area contributed by atoms with Crippen LogP contribution < -0.4 is 10.6 Å². The summed E-state index contributed by atoms with van der Waals surface area (Å²) in [6.07, 6.45) is 5.81. The van der Waals surface area contributed by atoms with Crippen molar-refractivity contribution >= 4 is 5.96 Å². The predicted octanol–water partition coefficient (Wildman–Crippen LogP) is 2.54. The second kappa shape index (κ2) is 10.8. The van der Waals surface area contributed by atoms with Gasteiger partial charge in [0.2, 0.25) is 0 Å². The molecule has 2 N–H and O–H groups in total. The van der Waals surface area contributed by atoms with Crippen LogP contribution in [-0.2, 0) is 26.2 Å². The Hall–Kier alpha value is -2.41. The number of aliphatic imine (C=N–C) groups is 1. The highest BCUT2D eigenvalue weighted by atomic mass is 15.3. The summed E-state index contributed by atoms with van der Waals surface area (Å²) in [5.41, 5.74) is 2.61. The normalized spacial score (nSPS) is 15.6. The van der Waals surface area contributed by atoms with Gasteiger partial charge in [-0.25, -0.2) is 4.99 Å². The number of nitrogens with zero attached hydrogens (tertiary/aromatic N) is 5. The van der Waals surface area contributed by atoms with Crippen LogP contribution in [0.15, 0.2) is 35.6 Å². The minimum atomic E-state index is 0.606. The largest absolute Gasteiger partial charge is 0.357 e. The number of nitrogens with one attached hydrogen (secondary N) is 2. The fraction of sp³-hybridized carbons (Fsp3) is 0.571. The first kappa shape index (κ1) is 20.3. The summed E-state index contributed by atoms with van der Waals surface area (Å²) in [5, 5.41) is 14.8. The van der Waals surface area contributed by atoms with Gasteiger partial charge >= 0.3 is 0 Å². The van der Waals surface area contributed by atoms with Gasteiger partial charge in [-0.1, -0.05) is 30.7 Å². The first-order valence-electron chi connectivity index (χ1n) is 10.5. The number of aryl methyl sites for hydroxylation is 1. The van der Waals surface area contributed by atoms with Gasteiger partial charge in [-0.15, -0.1) is 10.2 Å². The molecule has 2 heterocycles. The molecule has 3 rings (SSSR count). The number of hydrogen-bond donors (Lipinski definition) is 2. The van der Waals surface area contributed by atoms with Crippen LogP contribution >= 0.6 is 0 Å². The monoisotopic (exact) mass is 383 g/mol. The molecular weight excluding hydrogens is 350 g/mol. The summed E-state index contributed by atoms with van der Waals surface area (Å²) in [5.74, 6) is 1.71. The number of hydrogen-bond acceptors (Lipinski definition) is 4. The van der Waals surface area contributed by atoms with Crippen LogP contribution in [0.3, 0.4) is 0 Å². The van der Waals surface area contributed by atoms with E-state index < -0.39 is 0 Å². The average Bonchev–Trinajstić information content (AvgIpc) is 3.19. The first-order chi connectivity index (χ1) is 13.8. The van der Waals surface area contributed by atoms with E-state index >= 15 is 0 Å². The zero-order chi connectivity index (χ0) is 19.6. The summed E-state index contributed by atoms with van der Waals surface area (Å²) < 4.78 is 2.03. The minimum absolute atomic E-state index is 0.606. The lowest BCUT2D eigenvalue weighted by Crippen LogP contribution is -2.37. The van der Waals surface area contributed by atoms with Crippen LogP contribution in [0.2, 0.25) is 0 Å². The van der Waals surface area contributed by atoms with Crippen molar-refractivity contribution < 1.29 is 0 Å². The Morgan fingerprint density at radius 3 is 2.50 bits per heavy atom. The van der Waals surface area contributed by atoms with Gasteiger partial charge in [0.15, 0.2) is 11.8 Å². The molecule has 0 amide bonds. The molecule has 1 aromatic carbocycles. The van der Waals surface area contributed by atoms with Gasteiger partial charge in [-0.2, -0.15) is 0 Å². The highest BCUT2D eigenvalue weighted by molar-refractivity contribution is 5.79. The number of aromatic nitrogens is 3. The van der Waals surface area contributed by atoms with Gasteiger partial charge in [-0.05, 0) is 50.9 Å². The molecular formula is C21H33N7. The number of guanidine groups is 1. The van der Waals surface area contributed by atoms with E-state index in [1.165, 1.54) is 43.5 Å². The van der Waals surface area contributed by atoms with E-state index in [2.05, 4.69) is 63.8 Å². The molecule has 0 unspecified atom stereocenters. The Kier molecular flexibility index (Phi) is 7.84. The second-order valence-corrected chi connectivity index (χ2v) is 7.24. The van der Waals surface area contributed by atoms with Crippen molar-refractivity contribution in [3.8, 4) is 0 Å². The quantitative estimate of drug-likeness (QED) is 0.541. The average molecular weight is 384 g/mol. The van der Waals surface area contributed by atoms with Crippen LogP contribution in [0.1, 0.15) is 50.1 Å². The predicted molar refractivity (Wildman–Crippen MR) is 113 cm³/mol. The third-order valence-corrected chi connectivity index (χ3v) is 5.09. The molecule has 0 atom stereocenters. The van der Waals surface area contributed by atoms with Crippen molar-refractivity contribution in [3.63, 3.8) is 0 Å². The molecule has 0 spiro atoms. The van der Waals surface area contributed by atoms with E-state index in [1.807, 2.05) is 4.57 Å². The van der Waals surface area contributed by atoms with Crippen LogP contribution in [0, 0.1) is 0 Å². The topological polar surface area (TPSA) is 70.4 Å². The molecule has 2 aromatic rings. The lowest BCUT2D eigenvalue weighted by molar-refractivity contribution is 0.221. The van der Waals surface area contributed by atoms with Gasteiger partial charge < -0.3 is 15.2 Å². The van der Waals surface area contributed by atoms with Crippen molar-refractivity contribution in [2.45, 2.75) is 59.3 Å². The third kappa shape index (κ3) is 6.05. The Labute approximate surface area is 168 Å². The number of piperidine rings is 1. The van der Waals surface area contributed by atoms with Crippen LogP contribution in [0.25, 0.3) is 0 Å². The maximum atomic E-state index is 4.71. The Morgan fingerprint density at radius 2 is 1.79 bits per heavy atom. The molecule has 152 valence electrons. The highest BCUT2D eigenvalue weighted by Gasteiger charge is 2.10. The van der Waals surface area contributed by atoms with Crippen LogP contribution in [-0.4, -0.2) is 45.3 Å². The smallest absolute Gasteiger partial charge is 0.191 e. The van der Waals surface area contributed by atoms with E-state index in [4.69, 9.17) is 4.99 Å². The van der Waals surface area contributed by atoms with Gasteiger partial charge in [0, 0.05) is 19.6 Å². The van der Waals surface area contributed by atoms with Crippen molar-refractivity contribution in [2.24, 2.45) is 4.99 Å². The SMILES string of the molecule is CCNC(=NCc1ccc(CN2CCCCC2)cc1)NCc1nncn1CC. The maximum absolute atomic E-state index is 4.71. The zero-order valence-electron chi connectivity index (χ0n) is 17.2. The molecule has 0 radical (unpaired) electrons. The highest BCUT2D eigenvalue weighted by Crippen LogP contribution is 2.14. The fourth-order valence-corrected chi connectivity index (χ4v) is 3.48. The van der Waals surface area contributed by atoms with Crippen molar-refractivity contribution in [1.82, 2.24) is 30.3 Å². The third-order valence-electron chi connectivity index (χ3n) is 5.09. The molecule has 0 bridgehead atoms. The molecule has 7 heteroatoms. The van der Waals surface area contributed by atoms with E-state index in [-0.39, 0.29) is 0 Å². The molecule has 1 aliphatic heterocycles. The minimum Gasteiger partial charge on any atom is -0.357 e. The standard InChI is InChI=1S/C21H33N7/c1-3-22-21(24-15-20-26-25-17-28(20)4-2)23-14-18-8-10-19(11-9-18)16-27-12-6-5-7-13-27/h8-11,17H,3-7,12-16H2,1-2H3,(H2,22,23,24). The Balaban J connectivity index is 1.53. The van der Waals surface area contributed by atoms with Crippen molar-refractivity contribution in [1.29, 1.82) is 0 Å². The molecule has 1 saturated heterocycles. The molecule has 0 saturated carbocycles. The molecule has 1 aliphatic rings. The van der Waals surface area contributed by atoms with E-state index in [1.54, 1.807) is 6.33 Å². The van der Waals surface area contributed by atoms with Gasteiger partial charge in [-0.3, -0.25) is 4.90 Å². The molecule has 0 aliphatic carbocycles.